The average Bonchev–Trinajstić information content (AvgIpc) is 3.50. The van der Waals surface area contributed by atoms with Crippen LogP contribution in [0.3, 0.4) is 0 Å². The van der Waals surface area contributed by atoms with E-state index in [1.165, 1.54) is 22.7 Å². The van der Waals surface area contributed by atoms with Crippen LogP contribution >= 0.6 is 34.3 Å². The lowest BCUT2D eigenvalue weighted by Crippen LogP contribution is -2.35. The Hall–Kier alpha value is -2.55. The number of thiophene rings is 2. The first kappa shape index (κ1) is 23.2. The minimum Gasteiger partial charge on any atom is -0.361 e. The van der Waals surface area contributed by atoms with Gasteiger partial charge in [-0.3, -0.25) is 4.79 Å². The van der Waals surface area contributed by atoms with E-state index in [1.807, 2.05) is 0 Å². The summed E-state index contributed by atoms with van der Waals surface area (Å²) in [5.74, 6) is -0.304. The van der Waals surface area contributed by atoms with Gasteiger partial charge in [0.05, 0.1) is 11.6 Å². The first-order valence-corrected chi connectivity index (χ1v) is 12.8. The number of rotatable bonds is 3. The normalized spacial score (nSPS) is 21.8. The molecule has 2 aliphatic rings. The third-order valence-electron chi connectivity index (χ3n) is 6.25. The number of hydrogen-bond donors (Lipinski definition) is 2. The van der Waals surface area contributed by atoms with Crippen molar-refractivity contribution in [3.63, 3.8) is 0 Å². The van der Waals surface area contributed by atoms with Crippen LogP contribution in [0.2, 0.25) is 5.02 Å². The molecule has 1 aliphatic heterocycles. The summed E-state index contributed by atoms with van der Waals surface area (Å²) < 4.78 is 42.5. The number of carbonyl (C=O) groups excluding carboxylic acids is 1. The lowest BCUT2D eigenvalue weighted by molar-refractivity contribution is -0.173. The highest BCUT2D eigenvalue weighted by molar-refractivity contribution is 7.16. The number of amides is 1. The van der Waals surface area contributed by atoms with Crippen molar-refractivity contribution < 1.29 is 18.0 Å². The molecule has 0 spiro atoms. The Labute approximate surface area is 206 Å². The summed E-state index contributed by atoms with van der Waals surface area (Å²) in [4.78, 5) is 14.9. The van der Waals surface area contributed by atoms with Crippen LogP contribution in [0, 0.1) is 17.2 Å². The Bertz CT molecular complexity index is 1290. The van der Waals surface area contributed by atoms with E-state index in [4.69, 9.17) is 11.6 Å². The Morgan fingerprint density at radius 2 is 2.24 bits per heavy atom. The molecule has 4 heterocycles. The minimum absolute atomic E-state index is 0.0430. The molecule has 1 amide bonds. The van der Waals surface area contributed by atoms with E-state index in [9.17, 15) is 23.2 Å². The molecule has 0 fully saturated rings. The predicted octanol–water partition coefficient (Wildman–Crippen LogP) is 6.57. The van der Waals surface area contributed by atoms with Crippen LogP contribution in [0.4, 0.5) is 24.0 Å². The van der Waals surface area contributed by atoms with Gasteiger partial charge in [0.15, 0.2) is 11.7 Å². The maximum absolute atomic E-state index is 13.9. The van der Waals surface area contributed by atoms with Gasteiger partial charge in [-0.2, -0.15) is 23.5 Å². The first-order chi connectivity index (χ1) is 16.2. The standard InChI is InChI=1S/C22H19ClF3N5OS2/c1-10-4-5-11-12(9-27)21(34-15(11)7-10)29-20(32)18-17(23)19-28-13(14-3-2-6-33-14)8-16(22(24,25)26)31(19)30-18/h2-3,6,10,13,16,28H,4-5,7-8H2,1H3,(H,29,32)/t10-,13+,16+/m0/s1. The third kappa shape index (κ3) is 3.97. The van der Waals surface area contributed by atoms with E-state index in [0.717, 1.165) is 39.3 Å². The van der Waals surface area contributed by atoms with Gasteiger partial charge in [0.25, 0.3) is 5.91 Å². The Morgan fingerprint density at radius 3 is 2.91 bits per heavy atom. The van der Waals surface area contributed by atoms with Crippen molar-refractivity contribution in [1.82, 2.24) is 9.78 Å². The lowest BCUT2D eigenvalue weighted by atomic mass is 9.89. The van der Waals surface area contributed by atoms with Gasteiger partial charge in [0.2, 0.25) is 0 Å². The maximum Gasteiger partial charge on any atom is 0.410 e. The number of alkyl halides is 3. The van der Waals surface area contributed by atoms with Crippen LogP contribution in [0.1, 0.15) is 63.2 Å². The predicted molar refractivity (Wildman–Crippen MR) is 126 cm³/mol. The monoisotopic (exact) mass is 525 g/mol. The number of anilines is 2. The van der Waals surface area contributed by atoms with Crippen LogP contribution in [-0.2, 0) is 12.8 Å². The van der Waals surface area contributed by atoms with E-state index in [1.54, 1.807) is 17.5 Å². The van der Waals surface area contributed by atoms with Crippen molar-refractivity contribution >= 4 is 51.0 Å². The van der Waals surface area contributed by atoms with Crippen molar-refractivity contribution in [2.75, 3.05) is 10.6 Å². The number of aromatic nitrogens is 2. The fraction of sp³-hybridized carbons (Fsp3) is 0.409. The fourth-order valence-corrected chi connectivity index (χ4v) is 6.94. The van der Waals surface area contributed by atoms with Crippen molar-refractivity contribution in [2.45, 2.75) is 50.9 Å². The number of nitrogens with one attached hydrogen (secondary N) is 2. The van der Waals surface area contributed by atoms with Crippen molar-refractivity contribution in [3.05, 3.63) is 49.1 Å². The molecule has 6 nitrogen and oxygen atoms in total. The van der Waals surface area contributed by atoms with Crippen molar-refractivity contribution in [2.24, 2.45) is 5.92 Å². The molecule has 0 bridgehead atoms. The molecule has 5 rings (SSSR count). The molecule has 0 radical (unpaired) electrons. The molecule has 34 heavy (non-hydrogen) atoms. The minimum atomic E-state index is -4.58. The van der Waals surface area contributed by atoms with Crippen molar-refractivity contribution in [3.8, 4) is 6.07 Å². The van der Waals surface area contributed by atoms with E-state index >= 15 is 0 Å². The van der Waals surface area contributed by atoms with E-state index in [-0.39, 0.29) is 23.0 Å². The molecule has 2 N–H and O–H groups in total. The smallest absolute Gasteiger partial charge is 0.361 e. The zero-order valence-electron chi connectivity index (χ0n) is 17.9. The van der Waals surface area contributed by atoms with Crippen LogP contribution in [0.15, 0.2) is 17.5 Å². The van der Waals surface area contributed by atoms with Gasteiger partial charge in [0, 0.05) is 16.2 Å². The van der Waals surface area contributed by atoms with Crippen LogP contribution in [0.25, 0.3) is 0 Å². The van der Waals surface area contributed by atoms with E-state index < -0.39 is 24.2 Å². The second-order valence-corrected chi connectivity index (χ2v) is 11.0. The van der Waals surface area contributed by atoms with Gasteiger partial charge in [-0.1, -0.05) is 24.6 Å². The zero-order chi connectivity index (χ0) is 24.2. The molecule has 0 saturated heterocycles. The highest BCUT2D eigenvalue weighted by Crippen LogP contribution is 2.47. The second-order valence-electron chi connectivity index (χ2n) is 8.58. The van der Waals surface area contributed by atoms with Gasteiger partial charge in [-0.05, 0) is 42.2 Å². The Kier molecular flexibility index (Phi) is 5.86. The highest BCUT2D eigenvalue weighted by Gasteiger charge is 2.48. The SMILES string of the molecule is C[C@H]1CCc2c(sc(NC(=O)c3nn4c(c3Cl)N[C@@H](c3cccs3)C[C@@H]4C(F)(F)F)c2C#N)C1. The van der Waals surface area contributed by atoms with E-state index in [2.05, 4.69) is 28.7 Å². The number of nitrogens with zero attached hydrogens (tertiary/aromatic N) is 3. The number of fused-ring (bicyclic) bond motifs is 2. The molecule has 3 atom stereocenters. The molecule has 1 aliphatic carbocycles. The quantitative estimate of drug-likeness (QED) is 0.405. The number of carbonyl (C=O) groups is 1. The van der Waals surface area contributed by atoms with Crippen LogP contribution in [0.5, 0.6) is 0 Å². The summed E-state index contributed by atoms with van der Waals surface area (Å²) in [6.07, 6.45) is -2.31. The Balaban J connectivity index is 1.49. The largest absolute Gasteiger partial charge is 0.410 e. The topological polar surface area (TPSA) is 82.7 Å². The maximum atomic E-state index is 13.9. The van der Waals surface area contributed by atoms with Gasteiger partial charge < -0.3 is 10.6 Å². The van der Waals surface area contributed by atoms with Crippen LogP contribution < -0.4 is 10.6 Å². The molecule has 0 saturated carbocycles. The summed E-state index contributed by atoms with van der Waals surface area (Å²) in [7, 11) is 0. The highest BCUT2D eigenvalue weighted by atomic mass is 35.5. The lowest BCUT2D eigenvalue weighted by Gasteiger charge is -2.32. The summed E-state index contributed by atoms with van der Waals surface area (Å²) in [6, 6.07) is 3.15. The number of nitriles is 1. The van der Waals surface area contributed by atoms with Gasteiger partial charge >= 0.3 is 6.18 Å². The summed E-state index contributed by atoms with van der Waals surface area (Å²) in [5, 5.41) is 21.3. The molecule has 178 valence electrons. The molecule has 3 aromatic rings. The summed E-state index contributed by atoms with van der Waals surface area (Å²) in [5.41, 5.74) is 1.03. The molecular formula is C22H19ClF3N5OS2. The average molecular weight is 526 g/mol. The Morgan fingerprint density at radius 1 is 1.44 bits per heavy atom. The summed E-state index contributed by atoms with van der Waals surface area (Å²) >= 11 is 9.08. The van der Waals surface area contributed by atoms with Gasteiger partial charge in [0.1, 0.15) is 21.9 Å². The zero-order valence-corrected chi connectivity index (χ0v) is 20.3. The number of halogens is 4. The van der Waals surface area contributed by atoms with Gasteiger partial charge in [-0.15, -0.1) is 22.7 Å². The van der Waals surface area contributed by atoms with Crippen LogP contribution in [-0.4, -0.2) is 21.9 Å². The molecule has 12 heteroatoms. The molecule has 0 aromatic carbocycles. The molecular weight excluding hydrogens is 507 g/mol. The first-order valence-electron chi connectivity index (χ1n) is 10.7. The van der Waals surface area contributed by atoms with E-state index in [0.29, 0.717) is 16.5 Å². The van der Waals surface area contributed by atoms with Gasteiger partial charge in [-0.25, -0.2) is 4.68 Å². The third-order valence-corrected chi connectivity index (χ3v) is 8.76. The molecule has 0 unspecified atom stereocenters. The number of hydrogen-bond acceptors (Lipinski definition) is 6. The van der Waals surface area contributed by atoms with Crippen molar-refractivity contribution in [1.29, 1.82) is 5.26 Å². The fourth-order valence-electron chi connectivity index (χ4n) is 4.53. The second kappa shape index (κ2) is 8.59. The summed E-state index contributed by atoms with van der Waals surface area (Å²) in [6.45, 7) is 2.13. The molecule has 3 aromatic heterocycles.